The first kappa shape index (κ1) is 18.2. The number of nitrogens with one attached hydrogen (secondary N) is 2. The molecule has 0 bridgehead atoms. The molecule has 0 unspecified atom stereocenters. The number of fused-ring (bicyclic) bond motifs is 1. The zero-order valence-electron chi connectivity index (χ0n) is 16.4. The van der Waals surface area contributed by atoms with Crippen LogP contribution in [0, 0.1) is 12.3 Å². The number of hydrogen-bond donors (Lipinski definition) is 2. The first-order valence-electron chi connectivity index (χ1n) is 9.49. The second kappa shape index (κ2) is 7.08. The molecule has 1 aliphatic rings. The largest absolute Gasteiger partial charge is 0.339 e. The Morgan fingerprint density at radius 2 is 1.54 bits per heavy atom. The summed E-state index contributed by atoms with van der Waals surface area (Å²) in [5.41, 5.74) is 4.28. The molecule has 1 aromatic heterocycles. The molecule has 2 aromatic carbocycles. The van der Waals surface area contributed by atoms with Crippen molar-refractivity contribution in [2.45, 2.75) is 33.6 Å². The van der Waals surface area contributed by atoms with E-state index in [9.17, 15) is 4.79 Å². The zero-order chi connectivity index (χ0) is 19.7. The summed E-state index contributed by atoms with van der Waals surface area (Å²) in [6.45, 7) is 6.25. The second-order valence-electron chi connectivity index (χ2n) is 8.14. The monoisotopic (exact) mass is 372 g/mol. The quantitative estimate of drug-likeness (QED) is 0.639. The Morgan fingerprint density at radius 3 is 2.25 bits per heavy atom. The van der Waals surface area contributed by atoms with Gasteiger partial charge in [0.05, 0.1) is 11.3 Å². The number of carbonyl (C=O) groups excluding carboxylic acids is 1. The van der Waals surface area contributed by atoms with Crippen LogP contribution in [0.3, 0.4) is 0 Å². The van der Waals surface area contributed by atoms with Gasteiger partial charge in [-0.3, -0.25) is 4.79 Å². The van der Waals surface area contributed by atoms with Crippen molar-refractivity contribution in [1.29, 1.82) is 0 Å². The molecule has 5 nitrogen and oxygen atoms in total. The molecule has 3 aromatic rings. The summed E-state index contributed by atoms with van der Waals surface area (Å²) in [4.78, 5) is 22.2. The highest BCUT2D eigenvalue weighted by Crippen LogP contribution is 2.37. The van der Waals surface area contributed by atoms with Crippen LogP contribution in [0.4, 0.5) is 23.1 Å². The first-order valence-corrected chi connectivity index (χ1v) is 9.49. The molecular formula is C23H24N4O. The lowest BCUT2D eigenvalue weighted by molar-refractivity contribution is 0.0911. The van der Waals surface area contributed by atoms with Crippen molar-refractivity contribution in [2.75, 3.05) is 10.6 Å². The van der Waals surface area contributed by atoms with Gasteiger partial charge in [0.15, 0.2) is 5.78 Å². The SMILES string of the molecule is Cc1ccc(Nc2nc(Nc3ccccc3)nc3c2C(=O)CC(C)(C)C3)cc1. The minimum absolute atomic E-state index is 0.0899. The molecule has 28 heavy (non-hydrogen) atoms. The van der Waals surface area contributed by atoms with Crippen LogP contribution in [0.2, 0.25) is 0 Å². The van der Waals surface area contributed by atoms with Crippen molar-refractivity contribution < 1.29 is 4.79 Å². The summed E-state index contributed by atoms with van der Waals surface area (Å²) in [5, 5.41) is 6.59. The van der Waals surface area contributed by atoms with Gasteiger partial charge in [-0.15, -0.1) is 0 Å². The minimum Gasteiger partial charge on any atom is -0.339 e. The Balaban J connectivity index is 1.77. The molecule has 0 spiro atoms. The molecule has 142 valence electrons. The molecule has 0 saturated carbocycles. The second-order valence-corrected chi connectivity index (χ2v) is 8.14. The van der Waals surface area contributed by atoms with Crippen molar-refractivity contribution >= 4 is 28.9 Å². The summed E-state index contributed by atoms with van der Waals surface area (Å²) < 4.78 is 0. The first-order chi connectivity index (χ1) is 13.4. The summed E-state index contributed by atoms with van der Waals surface area (Å²) in [5.74, 6) is 1.14. The number of rotatable bonds is 4. The Morgan fingerprint density at radius 1 is 0.857 bits per heavy atom. The number of benzene rings is 2. The highest BCUT2D eigenvalue weighted by Gasteiger charge is 2.35. The van der Waals surface area contributed by atoms with Crippen LogP contribution in [0.25, 0.3) is 0 Å². The number of Topliss-reactive ketones (excluding diaryl/α,β-unsaturated/α-hetero) is 1. The maximum atomic E-state index is 12.9. The average Bonchev–Trinajstić information content (AvgIpc) is 2.63. The zero-order valence-corrected chi connectivity index (χ0v) is 16.4. The third kappa shape index (κ3) is 3.88. The van der Waals surface area contributed by atoms with E-state index in [1.54, 1.807) is 0 Å². The third-order valence-corrected chi connectivity index (χ3v) is 4.89. The van der Waals surface area contributed by atoms with Crippen LogP contribution in [-0.2, 0) is 6.42 Å². The van der Waals surface area contributed by atoms with Crippen molar-refractivity contribution in [3.63, 3.8) is 0 Å². The van der Waals surface area contributed by atoms with Crippen LogP contribution in [0.1, 0.15) is 41.9 Å². The van der Waals surface area contributed by atoms with E-state index in [4.69, 9.17) is 0 Å². The summed E-state index contributed by atoms with van der Waals surface area (Å²) >= 11 is 0. The fraction of sp³-hybridized carbons (Fsp3) is 0.261. The molecule has 1 heterocycles. The molecule has 1 aliphatic carbocycles. The van der Waals surface area contributed by atoms with E-state index in [0.717, 1.165) is 23.5 Å². The Bertz CT molecular complexity index is 1010. The average molecular weight is 372 g/mol. The predicted molar refractivity (Wildman–Crippen MR) is 113 cm³/mol. The number of anilines is 4. The maximum Gasteiger partial charge on any atom is 0.229 e. The highest BCUT2D eigenvalue weighted by molar-refractivity contribution is 6.03. The van der Waals surface area contributed by atoms with Crippen molar-refractivity contribution in [2.24, 2.45) is 5.41 Å². The van der Waals surface area contributed by atoms with E-state index in [0.29, 0.717) is 23.8 Å². The summed E-state index contributed by atoms with van der Waals surface area (Å²) in [7, 11) is 0. The van der Waals surface area contributed by atoms with E-state index in [1.165, 1.54) is 5.56 Å². The van der Waals surface area contributed by atoms with Crippen LogP contribution in [0.5, 0.6) is 0 Å². The van der Waals surface area contributed by atoms with Crippen LogP contribution in [-0.4, -0.2) is 15.8 Å². The maximum absolute atomic E-state index is 12.9. The number of aromatic nitrogens is 2. The van der Waals surface area contributed by atoms with E-state index < -0.39 is 0 Å². The molecule has 0 atom stereocenters. The molecule has 0 aliphatic heterocycles. The Kier molecular flexibility index (Phi) is 4.59. The molecular weight excluding hydrogens is 348 g/mol. The molecule has 5 heteroatoms. The van der Waals surface area contributed by atoms with E-state index in [-0.39, 0.29) is 11.2 Å². The molecule has 0 amide bonds. The van der Waals surface area contributed by atoms with Crippen molar-refractivity contribution in [3.05, 3.63) is 71.4 Å². The summed E-state index contributed by atoms with van der Waals surface area (Å²) in [6, 6.07) is 17.9. The lowest BCUT2D eigenvalue weighted by atomic mass is 9.75. The van der Waals surface area contributed by atoms with Gasteiger partial charge >= 0.3 is 0 Å². The van der Waals surface area contributed by atoms with Gasteiger partial charge in [-0.05, 0) is 43.0 Å². The predicted octanol–water partition coefficient (Wildman–Crippen LogP) is 5.43. The van der Waals surface area contributed by atoms with Crippen LogP contribution in [0.15, 0.2) is 54.6 Å². The minimum atomic E-state index is -0.108. The number of carbonyl (C=O) groups is 1. The molecule has 0 saturated heterocycles. The molecule has 2 N–H and O–H groups in total. The van der Waals surface area contributed by atoms with E-state index in [2.05, 4.69) is 34.4 Å². The molecule has 0 radical (unpaired) electrons. The lowest BCUT2D eigenvalue weighted by Crippen LogP contribution is -2.29. The smallest absolute Gasteiger partial charge is 0.229 e. The van der Waals surface area contributed by atoms with Gasteiger partial charge in [-0.2, -0.15) is 4.98 Å². The highest BCUT2D eigenvalue weighted by atomic mass is 16.1. The lowest BCUT2D eigenvalue weighted by Gasteiger charge is -2.30. The summed E-state index contributed by atoms with van der Waals surface area (Å²) in [6.07, 6.45) is 1.24. The van der Waals surface area contributed by atoms with Gasteiger partial charge in [0.2, 0.25) is 5.95 Å². The number of aryl methyl sites for hydroxylation is 1. The Hall–Kier alpha value is -3.21. The van der Waals surface area contributed by atoms with E-state index in [1.807, 2.05) is 61.5 Å². The normalized spacial score (nSPS) is 15.0. The van der Waals surface area contributed by atoms with Crippen molar-refractivity contribution in [3.8, 4) is 0 Å². The standard InChI is InChI=1S/C23H24N4O/c1-15-9-11-17(12-10-15)24-21-20-18(13-23(2,3)14-19(20)28)26-22(27-21)25-16-7-5-4-6-8-16/h4-12H,13-14H2,1-3H3,(H2,24,25,26,27). The van der Waals surface area contributed by atoms with Crippen LogP contribution < -0.4 is 10.6 Å². The van der Waals surface area contributed by atoms with E-state index >= 15 is 0 Å². The number of hydrogen-bond acceptors (Lipinski definition) is 5. The van der Waals surface area contributed by atoms with Crippen LogP contribution >= 0.6 is 0 Å². The molecule has 4 rings (SSSR count). The topological polar surface area (TPSA) is 66.9 Å². The number of ketones is 1. The number of nitrogens with zero attached hydrogens (tertiary/aromatic N) is 2. The fourth-order valence-electron chi connectivity index (χ4n) is 3.54. The Labute approximate surface area is 165 Å². The van der Waals surface area contributed by atoms with Gasteiger partial charge < -0.3 is 10.6 Å². The van der Waals surface area contributed by atoms with Gasteiger partial charge in [-0.1, -0.05) is 49.7 Å². The van der Waals surface area contributed by atoms with Gasteiger partial charge in [0.25, 0.3) is 0 Å². The van der Waals surface area contributed by atoms with Gasteiger partial charge in [-0.25, -0.2) is 4.98 Å². The van der Waals surface area contributed by atoms with Gasteiger partial charge in [0, 0.05) is 17.8 Å². The molecule has 0 fully saturated rings. The van der Waals surface area contributed by atoms with Crippen molar-refractivity contribution in [1.82, 2.24) is 9.97 Å². The number of para-hydroxylation sites is 1. The third-order valence-electron chi connectivity index (χ3n) is 4.89. The van der Waals surface area contributed by atoms with Gasteiger partial charge in [0.1, 0.15) is 5.82 Å². The fourth-order valence-corrected chi connectivity index (χ4v) is 3.54.